The van der Waals surface area contributed by atoms with Crippen LogP contribution < -0.4 is 16.6 Å². The molecular formula is C12H18N4O2. The third-order valence-corrected chi connectivity index (χ3v) is 3.31. The molecule has 0 saturated heterocycles. The lowest BCUT2D eigenvalue weighted by molar-refractivity contribution is -0.117. The van der Waals surface area contributed by atoms with E-state index in [0.717, 1.165) is 25.7 Å². The van der Waals surface area contributed by atoms with Crippen LogP contribution in [0.4, 0.5) is 5.82 Å². The average molecular weight is 250 g/mol. The SMILES string of the molecule is NC1(CC(=O)Nc2ccc(=O)[nH]n2)CCCCC1. The van der Waals surface area contributed by atoms with Crippen molar-refractivity contribution in [1.82, 2.24) is 10.2 Å². The molecule has 1 amide bonds. The summed E-state index contributed by atoms with van der Waals surface area (Å²) in [6.45, 7) is 0. The Morgan fingerprint density at radius 1 is 1.39 bits per heavy atom. The Labute approximate surface area is 105 Å². The van der Waals surface area contributed by atoms with E-state index in [-0.39, 0.29) is 17.0 Å². The number of rotatable bonds is 3. The first-order valence-electron chi connectivity index (χ1n) is 6.22. The van der Waals surface area contributed by atoms with Crippen LogP contribution in [0.5, 0.6) is 0 Å². The molecule has 1 heterocycles. The molecule has 1 fully saturated rings. The maximum absolute atomic E-state index is 11.8. The molecule has 0 radical (unpaired) electrons. The molecule has 2 rings (SSSR count). The topological polar surface area (TPSA) is 101 Å². The third-order valence-electron chi connectivity index (χ3n) is 3.31. The quantitative estimate of drug-likeness (QED) is 0.737. The molecule has 0 aliphatic heterocycles. The van der Waals surface area contributed by atoms with Gasteiger partial charge in [-0.1, -0.05) is 19.3 Å². The standard InChI is InChI=1S/C12H18N4O2/c13-12(6-2-1-3-7-12)8-11(18)14-9-4-5-10(17)16-15-9/h4-5H,1-3,6-8,13H2,(H,16,17)(H,14,15,18). The summed E-state index contributed by atoms with van der Waals surface area (Å²) in [6, 6.07) is 2.79. The minimum atomic E-state index is -0.384. The minimum absolute atomic E-state index is 0.154. The van der Waals surface area contributed by atoms with Crippen molar-refractivity contribution in [2.24, 2.45) is 5.73 Å². The first-order valence-corrected chi connectivity index (χ1v) is 6.22. The lowest BCUT2D eigenvalue weighted by Crippen LogP contribution is -2.44. The zero-order valence-electron chi connectivity index (χ0n) is 10.2. The number of nitrogens with one attached hydrogen (secondary N) is 2. The number of carbonyl (C=O) groups excluding carboxylic acids is 1. The van der Waals surface area contributed by atoms with Gasteiger partial charge in [-0.3, -0.25) is 9.59 Å². The van der Waals surface area contributed by atoms with E-state index in [9.17, 15) is 9.59 Å². The fourth-order valence-electron chi connectivity index (χ4n) is 2.35. The summed E-state index contributed by atoms with van der Waals surface area (Å²) in [7, 11) is 0. The van der Waals surface area contributed by atoms with Crippen molar-refractivity contribution < 1.29 is 4.79 Å². The third kappa shape index (κ3) is 3.40. The molecule has 6 nitrogen and oxygen atoms in total. The molecule has 1 saturated carbocycles. The summed E-state index contributed by atoms with van der Waals surface area (Å²) in [5.74, 6) is 0.193. The van der Waals surface area contributed by atoms with Crippen molar-refractivity contribution in [3.8, 4) is 0 Å². The van der Waals surface area contributed by atoms with E-state index < -0.39 is 0 Å². The highest BCUT2D eigenvalue weighted by atomic mass is 16.2. The molecule has 0 bridgehead atoms. The molecule has 1 aromatic heterocycles. The van der Waals surface area contributed by atoms with Crippen LogP contribution in [-0.4, -0.2) is 21.6 Å². The Bertz CT molecular complexity index is 457. The van der Waals surface area contributed by atoms with Crippen molar-refractivity contribution in [1.29, 1.82) is 0 Å². The predicted molar refractivity (Wildman–Crippen MR) is 68.1 cm³/mol. The van der Waals surface area contributed by atoms with Crippen LogP contribution in [0, 0.1) is 0 Å². The Kier molecular flexibility index (Phi) is 3.76. The number of carbonyl (C=O) groups is 1. The largest absolute Gasteiger partial charge is 0.325 e. The van der Waals surface area contributed by atoms with E-state index >= 15 is 0 Å². The zero-order chi connectivity index (χ0) is 13.0. The predicted octanol–water partition coefficient (Wildman–Crippen LogP) is 0.760. The van der Waals surface area contributed by atoms with Gasteiger partial charge in [-0.2, -0.15) is 5.10 Å². The number of H-pyrrole nitrogens is 1. The summed E-state index contributed by atoms with van der Waals surface area (Å²) < 4.78 is 0. The van der Waals surface area contributed by atoms with Gasteiger partial charge in [0.1, 0.15) is 0 Å². The molecule has 18 heavy (non-hydrogen) atoms. The lowest BCUT2D eigenvalue weighted by Gasteiger charge is -2.32. The van der Waals surface area contributed by atoms with Crippen LogP contribution in [0.1, 0.15) is 38.5 Å². The number of anilines is 1. The van der Waals surface area contributed by atoms with Gasteiger partial charge in [0, 0.05) is 18.0 Å². The van der Waals surface area contributed by atoms with Gasteiger partial charge >= 0.3 is 0 Å². The van der Waals surface area contributed by atoms with Crippen molar-refractivity contribution in [3.05, 3.63) is 22.5 Å². The van der Waals surface area contributed by atoms with Gasteiger partial charge in [0.15, 0.2) is 5.82 Å². The molecular weight excluding hydrogens is 232 g/mol. The summed E-state index contributed by atoms with van der Waals surface area (Å²) in [5.41, 5.74) is 5.52. The molecule has 98 valence electrons. The van der Waals surface area contributed by atoms with E-state index in [1.165, 1.54) is 18.6 Å². The molecule has 1 aliphatic rings. The van der Waals surface area contributed by atoms with E-state index in [1.54, 1.807) is 0 Å². The Balaban J connectivity index is 1.92. The molecule has 0 unspecified atom stereocenters. The van der Waals surface area contributed by atoms with Gasteiger partial charge < -0.3 is 11.1 Å². The first kappa shape index (κ1) is 12.8. The first-order chi connectivity index (χ1) is 8.57. The van der Waals surface area contributed by atoms with Crippen molar-refractivity contribution >= 4 is 11.7 Å². The molecule has 4 N–H and O–H groups in total. The number of nitrogens with zero attached hydrogens (tertiary/aromatic N) is 1. The van der Waals surface area contributed by atoms with E-state index in [2.05, 4.69) is 15.5 Å². The zero-order valence-corrected chi connectivity index (χ0v) is 10.2. The van der Waals surface area contributed by atoms with Crippen molar-refractivity contribution in [2.45, 2.75) is 44.1 Å². The Morgan fingerprint density at radius 2 is 2.11 bits per heavy atom. The number of aromatic amines is 1. The summed E-state index contributed by atoms with van der Waals surface area (Å²) >= 11 is 0. The monoisotopic (exact) mass is 250 g/mol. The fraction of sp³-hybridized carbons (Fsp3) is 0.583. The van der Waals surface area contributed by atoms with Crippen LogP contribution >= 0.6 is 0 Å². The maximum atomic E-state index is 11.8. The number of nitrogens with two attached hydrogens (primary N) is 1. The highest BCUT2D eigenvalue weighted by Gasteiger charge is 2.30. The summed E-state index contributed by atoms with van der Waals surface area (Å²) in [5, 5.41) is 8.63. The van der Waals surface area contributed by atoms with Crippen LogP contribution in [0.25, 0.3) is 0 Å². The van der Waals surface area contributed by atoms with Crippen LogP contribution in [0.3, 0.4) is 0 Å². The summed E-state index contributed by atoms with van der Waals surface area (Å²) in [6.07, 6.45) is 5.44. The van der Waals surface area contributed by atoms with Crippen LogP contribution in [-0.2, 0) is 4.79 Å². The van der Waals surface area contributed by atoms with Crippen LogP contribution in [0.15, 0.2) is 16.9 Å². The highest BCUT2D eigenvalue weighted by Crippen LogP contribution is 2.28. The molecule has 6 heteroatoms. The lowest BCUT2D eigenvalue weighted by atomic mass is 9.80. The number of hydrogen-bond donors (Lipinski definition) is 3. The van der Waals surface area contributed by atoms with Crippen molar-refractivity contribution in [3.63, 3.8) is 0 Å². The van der Waals surface area contributed by atoms with Gasteiger partial charge in [0.2, 0.25) is 5.91 Å². The smallest absolute Gasteiger partial charge is 0.264 e. The van der Waals surface area contributed by atoms with E-state index in [0.29, 0.717) is 12.2 Å². The van der Waals surface area contributed by atoms with Gasteiger partial charge in [-0.05, 0) is 18.9 Å². The molecule has 0 spiro atoms. The van der Waals surface area contributed by atoms with Gasteiger partial charge in [-0.25, -0.2) is 5.10 Å². The Morgan fingerprint density at radius 3 is 2.72 bits per heavy atom. The molecule has 1 aromatic rings. The number of aromatic nitrogens is 2. The summed E-state index contributed by atoms with van der Waals surface area (Å²) in [4.78, 5) is 22.7. The van der Waals surface area contributed by atoms with Gasteiger partial charge in [-0.15, -0.1) is 0 Å². The number of amides is 1. The van der Waals surface area contributed by atoms with Gasteiger partial charge in [0.05, 0.1) is 0 Å². The van der Waals surface area contributed by atoms with Crippen molar-refractivity contribution in [2.75, 3.05) is 5.32 Å². The molecule has 1 aliphatic carbocycles. The minimum Gasteiger partial charge on any atom is -0.325 e. The normalized spacial score (nSPS) is 18.3. The second-order valence-electron chi connectivity index (χ2n) is 4.95. The van der Waals surface area contributed by atoms with E-state index in [1.807, 2.05) is 0 Å². The Hall–Kier alpha value is -1.69. The second-order valence-corrected chi connectivity index (χ2v) is 4.95. The molecule has 0 atom stereocenters. The van der Waals surface area contributed by atoms with E-state index in [4.69, 9.17) is 5.73 Å². The highest BCUT2D eigenvalue weighted by molar-refractivity contribution is 5.90. The maximum Gasteiger partial charge on any atom is 0.264 e. The fourth-order valence-corrected chi connectivity index (χ4v) is 2.35. The average Bonchev–Trinajstić information content (AvgIpc) is 2.32. The molecule has 0 aromatic carbocycles. The number of hydrogen-bond acceptors (Lipinski definition) is 4. The second kappa shape index (κ2) is 5.30. The van der Waals surface area contributed by atoms with Gasteiger partial charge in [0.25, 0.3) is 5.56 Å². The van der Waals surface area contributed by atoms with Crippen LogP contribution in [0.2, 0.25) is 0 Å².